The van der Waals surface area contributed by atoms with Gasteiger partial charge in [-0.05, 0) is 37.6 Å². The molecule has 2 aromatic heterocycles. The highest BCUT2D eigenvalue weighted by Gasteiger charge is 2.22. The molecule has 0 unspecified atom stereocenters. The number of aromatic nitrogens is 3. The van der Waals surface area contributed by atoms with Gasteiger partial charge in [0.2, 0.25) is 0 Å². The van der Waals surface area contributed by atoms with Gasteiger partial charge in [-0.2, -0.15) is 5.10 Å². The van der Waals surface area contributed by atoms with Gasteiger partial charge in [0.1, 0.15) is 17.3 Å². The predicted octanol–water partition coefficient (Wildman–Crippen LogP) is 5.80. The Bertz CT molecular complexity index is 1400. The van der Waals surface area contributed by atoms with Crippen LogP contribution in [0.4, 0.5) is 11.4 Å². The molecule has 0 atom stereocenters. The molecule has 0 spiro atoms. The molecule has 1 amide bonds. The molecular weight excluding hydrogens is 485 g/mol. The molecule has 2 aromatic carbocycles. The van der Waals surface area contributed by atoms with Crippen molar-refractivity contribution in [1.29, 1.82) is 0 Å². The zero-order valence-corrected chi connectivity index (χ0v) is 19.4. The molecule has 10 nitrogen and oxygen atoms in total. The molecule has 0 radical (unpaired) electrons. The van der Waals surface area contributed by atoms with Crippen LogP contribution in [0.5, 0.6) is 11.5 Å². The number of aryl methyl sites for hydroxylation is 2. The first kappa shape index (κ1) is 23.3. The molecule has 0 fully saturated rings. The summed E-state index contributed by atoms with van der Waals surface area (Å²) in [7, 11) is 0. The highest BCUT2D eigenvalue weighted by molar-refractivity contribution is 6.30. The number of rotatable bonds is 7. The number of nitrogens with one attached hydrogen (secondary N) is 1. The summed E-state index contributed by atoms with van der Waals surface area (Å²) in [6.45, 7) is 3.66. The smallest absolute Gasteiger partial charge is 0.278 e. The van der Waals surface area contributed by atoms with Gasteiger partial charge in [0.15, 0.2) is 5.69 Å². The number of amides is 1. The molecule has 0 aliphatic rings. The number of hydrogen-bond donors (Lipinski definition) is 1. The van der Waals surface area contributed by atoms with Crippen LogP contribution in [0.25, 0.3) is 0 Å². The number of hydrogen-bond acceptors (Lipinski definition) is 7. The second kappa shape index (κ2) is 9.54. The van der Waals surface area contributed by atoms with Crippen LogP contribution in [0.1, 0.15) is 27.4 Å². The van der Waals surface area contributed by atoms with Gasteiger partial charge in [-0.15, -0.1) is 0 Å². The van der Waals surface area contributed by atoms with Crippen molar-refractivity contribution in [3.63, 3.8) is 0 Å². The average molecular weight is 502 g/mol. The van der Waals surface area contributed by atoms with Crippen molar-refractivity contribution in [1.82, 2.24) is 14.9 Å². The molecular formula is C22H17Cl2N5O5. The number of anilines is 1. The van der Waals surface area contributed by atoms with Crippen molar-refractivity contribution in [2.24, 2.45) is 0 Å². The van der Waals surface area contributed by atoms with Gasteiger partial charge in [-0.3, -0.25) is 19.6 Å². The van der Waals surface area contributed by atoms with Gasteiger partial charge < -0.3 is 14.6 Å². The monoisotopic (exact) mass is 501 g/mol. The maximum Gasteiger partial charge on any atom is 0.278 e. The summed E-state index contributed by atoms with van der Waals surface area (Å²) in [5.74, 6) is 0.449. The quantitative estimate of drug-likeness (QED) is 0.250. The van der Waals surface area contributed by atoms with Crippen molar-refractivity contribution >= 4 is 40.5 Å². The van der Waals surface area contributed by atoms with E-state index in [1.54, 1.807) is 38.2 Å². The fourth-order valence-corrected chi connectivity index (χ4v) is 3.59. The third-order valence-electron chi connectivity index (χ3n) is 4.85. The van der Waals surface area contributed by atoms with E-state index in [4.69, 9.17) is 32.5 Å². The predicted molar refractivity (Wildman–Crippen MR) is 125 cm³/mol. The normalized spacial score (nSPS) is 10.8. The molecule has 4 rings (SSSR count). The summed E-state index contributed by atoms with van der Waals surface area (Å²) in [4.78, 5) is 23.9. The van der Waals surface area contributed by atoms with Crippen molar-refractivity contribution in [3.8, 4) is 11.5 Å². The van der Waals surface area contributed by atoms with E-state index in [9.17, 15) is 14.9 Å². The van der Waals surface area contributed by atoms with Crippen LogP contribution in [-0.2, 0) is 6.54 Å². The average Bonchev–Trinajstić information content (AvgIpc) is 3.35. The van der Waals surface area contributed by atoms with Crippen LogP contribution in [0.2, 0.25) is 10.0 Å². The minimum absolute atomic E-state index is 0.0200. The highest BCUT2D eigenvalue weighted by atomic mass is 35.5. The lowest BCUT2D eigenvalue weighted by atomic mass is 10.1. The van der Waals surface area contributed by atoms with Gasteiger partial charge in [0.05, 0.1) is 34.4 Å². The van der Waals surface area contributed by atoms with E-state index < -0.39 is 10.8 Å². The van der Waals surface area contributed by atoms with E-state index in [2.05, 4.69) is 15.6 Å². The van der Waals surface area contributed by atoms with Crippen LogP contribution >= 0.6 is 23.2 Å². The molecule has 174 valence electrons. The van der Waals surface area contributed by atoms with E-state index in [0.717, 1.165) is 5.56 Å². The molecule has 12 heteroatoms. The van der Waals surface area contributed by atoms with Gasteiger partial charge in [0.25, 0.3) is 11.6 Å². The Labute approximate surface area is 203 Å². The van der Waals surface area contributed by atoms with E-state index in [1.807, 2.05) is 0 Å². The molecule has 0 bridgehead atoms. The lowest BCUT2D eigenvalue weighted by Gasteiger charge is -2.11. The van der Waals surface area contributed by atoms with Crippen LogP contribution in [0.15, 0.2) is 53.3 Å². The SMILES string of the molecule is Cc1cc(Cl)ccc1Oc1cc(NC(=O)c2noc(C)c2Cn2cc(Cl)cn2)cc([N+](=O)[O-])c1. The maximum atomic E-state index is 13.0. The standard InChI is InChI=1S/C22H17Cl2N5O5/c1-12-5-14(23)3-4-20(12)33-18-7-16(6-17(8-18)29(31)32)26-22(30)21-19(13(2)34-27-21)11-28-10-15(24)9-25-28/h3-10H,11H2,1-2H3,(H,26,30). The Morgan fingerprint density at radius 2 is 2.00 bits per heavy atom. The van der Waals surface area contributed by atoms with Crippen molar-refractivity contribution in [3.05, 3.63) is 91.5 Å². The van der Waals surface area contributed by atoms with Crippen LogP contribution < -0.4 is 10.1 Å². The first-order valence-electron chi connectivity index (χ1n) is 9.87. The number of halogens is 2. The Morgan fingerprint density at radius 3 is 2.68 bits per heavy atom. The molecule has 0 aliphatic heterocycles. The fourth-order valence-electron chi connectivity index (χ4n) is 3.21. The second-order valence-electron chi connectivity index (χ2n) is 7.36. The van der Waals surface area contributed by atoms with Gasteiger partial charge in [0, 0.05) is 28.9 Å². The molecule has 0 saturated carbocycles. The number of carbonyl (C=O) groups excluding carboxylic acids is 1. The number of ether oxygens (including phenoxy) is 1. The van der Waals surface area contributed by atoms with Crippen LogP contribution in [0, 0.1) is 24.0 Å². The zero-order valence-electron chi connectivity index (χ0n) is 17.9. The summed E-state index contributed by atoms with van der Waals surface area (Å²) < 4.78 is 12.5. The summed E-state index contributed by atoms with van der Waals surface area (Å²) in [6, 6.07) is 8.96. The molecule has 2 heterocycles. The third-order valence-corrected chi connectivity index (χ3v) is 5.28. The number of nitrogens with zero attached hydrogens (tertiary/aromatic N) is 4. The van der Waals surface area contributed by atoms with E-state index in [-0.39, 0.29) is 29.4 Å². The lowest BCUT2D eigenvalue weighted by Crippen LogP contribution is -2.16. The maximum absolute atomic E-state index is 13.0. The number of nitro benzene ring substituents is 1. The van der Waals surface area contributed by atoms with Gasteiger partial charge in [-0.25, -0.2) is 0 Å². The molecule has 34 heavy (non-hydrogen) atoms. The Balaban J connectivity index is 1.61. The first-order chi connectivity index (χ1) is 16.2. The van der Waals surface area contributed by atoms with Crippen molar-refractivity contribution < 1.29 is 19.0 Å². The van der Waals surface area contributed by atoms with E-state index >= 15 is 0 Å². The largest absolute Gasteiger partial charge is 0.457 e. The number of carbonyl (C=O) groups is 1. The third kappa shape index (κ3) is 5.19. The minimum atomic E-state index is -0.612. The number of benzene rings is 2. The molecule has 0 aliphatic carbocycles. The van der Waals surface area contributed by atoms with E-state index in [0.29, 0.717) is 27.1 Å². The Hall–Kier alpha value is -3.89. The Morgan fingerprint density at radius 1 is 1.21 bits per heavy atom. The first-order valence-corrected chi connectivity index (χ1v) is 10.6. The molecule has 1 N–H and O–H groups in total. The molecule has 0 saturated heterocycles. The topological polar surface area (TPSA) is 125 Å². The zero-order chi connectivity index (χ0) is 24.4. The van der Waals surface area contributed by atoms with Gasteiger partial charge in [-0.1, -0.05) is 28.4 Å². The minimum Gasteiger partial charge on any atom is -0.457 e. The summed E-state index contributed by atoms with van der Waals surface area (Å²) in [6.07, 6.45) is 3.07. The van der Waals surface area contributed by atoms with E-state index in [1.165, 1.54) is 29.1 Å². The van der Waals surface area contributed by atoms with Crippen molar-refractivity contribution in [2.75, 3.05) is 5.32 Å². The van der Waals surface area contributed by atoms with Gasteiger partial charge >= 0.3 is 0 Å². The van der Waals surface area contributed by atoms with Crippen molar-refractivity contribution in [2.45, 2.75) is 20.4 Å². The lowest BCUT2D eigenvalue weighted by molar-refractivity contribution is -0.384. The number of non-ortho nitro benzene ring substituents is 1. The summed E-state index contributed by atoms with van der Waals surface area (Å²) in [5, 5.41) is 23.0. The fraction of sp³-hybridized carbons (Fsp3) is 0.136. The highest BCUT2D eigenvalue weighted by Crippen LogP contribution is 2.32. The van der Waals surface area contributed by atoms with Crippen LogP contribution in [0.3, 0.4) is 0 Å². The Kier molecular flexibility index (Phi) is 6.53. The molecule has 4 aromatic rings. The summed E-state index contributed by atoms with van der Waals surface area (Å²) >= 11 is 11.9. The second-order valence-corrected chi connectivity index (χ2v) is 8.23. The van der Waals surface area contributed by atoms with Crippen LogP contribution in [-0.4, -0.2) is 25.8 Å². The summed E-state index contributed by atoms with van der Waals surface area (Å²) in [5.41, 5.74) is 1.14. The number of nitro groups is 1.